The first-order valence-electron chi connectivity index (χ1n) is 5.88. The number of hydrogen-bond acceptors (Lipinski definition) is 5. The zero-order valence-corrected chi connectivity index (χ0v) is 12.1. The second-order valence-corrected chi connectivity index (χ2v) is 5.61. The van der Waals surface area contributed by atoms with Crippen molar-refractivity contribution in [2.75, 3.05) is 6.61 Å². The smallest absolute Gasteiger partial charge is 0.280 e. The Balaban J connectivity index is 2.28. The lowest BCUT2D eigenvalue weighted by Crippen LogP contribution is -2.34. The first-order chi connectivity index (χ1) is 9.13. The van der Waals surface area contributed by atoms with E-state index < -0.39 is 0 Å². The number of amides is 1. The summed E-state index contributed by atoms with van der Waals surface area (Å²) >= 11 is 6.18. The van der Waals surface area contributed by atoms with Crippen LogP contribution in [-0.4, -0.2) is 21.8 Å². The second-order valence-electron chi connectivity index (χ2n) is 3.94. The maximum absolute atomic E-state index is 11.8. The molecule has 1 amide bonds. The molecular formula is C13H14N2O2S2. The van der Waals surface area contributed by atoms with Crippen LogP contribution in [0.3, 0.4) is 0 Å². The number of benzene rings is 1. The van der Waals surface area contributed by atoms with Crippen molar-refractivity contribution in [1.82, 2.24) is 5.01 Å². The number of para-hydroxylation sites is 1. The van der Waals surface area contributed by atoms with E-state index in [2.05, 4.69) is 0 Å². The molecule has 0 unspecified atom stereocenters. The summed E-state index contributed by atoms with van der Waals surface area (Å²) in [5.41, 5.74) is 0.852. The van der Waals surface area contributed by atoms with Crippen molar-refractivity contribution in [1.29, 1.82) is 0 Å². The largest absolute Gasteiger partial charge is 0.493 e. The van der Waals surface area contributed by atoms with Crippen molar-refractivity contribution in [3.8, 4) is 5.75 Å². The van der Waals surface area contributed by atoms with Crippen molar-refractivity contribution >= 4 is 40.3 Å². The van der Waals surface area contributed by atoms with Crippen LogP contribution in [0.25, 0.3) is 6.08 Å². The molecule has 100 valence electrons. The fraction of sp³-hybridized carbons (Fsp3) is 0.231. The number of thioether (sulfide) groups is 1. The predicted octanol–water partition coefficient (Wildman–Crippen LogP) is 2.55. The fourth-order valence-corrected chi connectivity index (χ4v) is 2.66. The maximum Gasteiger partial charge on any atom is 0.280 e. The summed E-state index contributed by atoms with van der Waals surface area (Å²) in [7, 11) is 0. The average Bonchev–Trinajstić information content (AvgIpc) is 2.65. The molecule has 0 aliphatic carbocycles. The van der Waals surface area contributed by atoms with E-state index in [0.29, 0.717) is 15.8 Å². The van der Waals surface area contributed by atoms with Crippen LogP contribution in [0, 0.1) is 0 Å². The predicted molar refractivity (Wildman–Crippen MR) is 81.4 cm³/mol. The van der Waals surface area contributed by atoms with Gasteiger partial charge in [-0.05, 0) is 18.6 Å². The first-order valence-corrected chi connectivity index (χ1v) is 7.10. The van der Waals surface area contributed by atoms with E-state index in [1.807, 2.05) is 31.2 Å². The lowest BCUT2D eigenvalue weighted by atomic mass is 10.2. The van der Waals surface area contributed by atoms with Gasteiger partial charge in [0.15, 0.2) is 4.32 Å². The van der Waals surface area contributed by atoms with Gasteiger partial charge in [-0.2, -0.15) is 0 Å². The van der Waals surface area contributed by atoms with Gasteiger partial charge in [-0.1, -0.05) is 49.1 Å². The molecule has 0 saturated carbocycles. The quantitative estimate of drug-likeness (QED) is 0.400. The van der Waals surface area contributed by atoms with Crippen molar-refractivity contribution < 1.29 is 9.53 Å². The monoisotopic (exact) mass is 294 g/mol. The van der Waals surface area contributed by atoms with Crippen LogP contribution in [0.2, 0.25) is 0 Å². The molecule has 0 spiro atoms. The number of carbonyl (C=O) groups excluding carboxylic acids is 1. The summed E-state index contributed by atoms with van der Waals surface area (Å²) in [6, 6.07) is 7.57. The third-order valence-electron chi connectivity index (χ3n) is 2.49. The molecule has 4 nitrogen and oxygen atoms in total. The molecule has 1 aliphatic rings. The number of carbonyl (C=O) groups is 1. The molecule has 0 atom stereocenters. The van der Waals surface area contributed by atoms with Crippen molar-refractivity contribution in [2.24, 2.45) is 5.84 Å². The Morgan fingerprint density at radius 2 is 2.21 bits per heavy atom. The summed E-state index contributed by atoms with van der Waals surface area (Å²) in [5, 5.41) is 0.987. The zero-order chi connectivity index (χ0) is 13.8. The molecule has 0 aromatic heterocycles. The lowest BCUT2D eigenvalue weighted by Gasteiger charge is -2.08. The Morgan fingerprint density at radius 3 is 2.84 bits per heavy atom. The molecule has 1 aliphatic heterocycles. The molecule has 1 fully saturated rings. The molecule has 0 bridgehead atoms. The van der Waals surface area contributed by atoms with E-state index in [1.165, 1.54) is 11.8 Å². The topological polar surface area (TPSA) is 55.6 Å². The summed E-state index contributed by atoms with van der Waals surface area (Å²) < 4.78 is 6.01. The number of hydrogen-bond donors (Lipinski definition) is 1. The van der Waals surface area contributed by atoms with Crippen molar-refractivity contribution in [2.45, 2.75) is 13.3 Å². The molecule has 0 radical (unpaired) electrons. The summed E-state index contributed by atoms with van der Waals surface area (Å²) in [6.07, 6.45) is 2.69. The van der Waals surface area contributed by atoms with Crippen LogP contribution < -0.4 is 10.6 Å². The third-order valence-corrected chi connectivity index (χ3v) is 3.82. The second kappa shape index (κ2) is 6.18. The number of thiocarbonyl (C=S) groups is 1. The van der Waals surface area contributed by atoms with Gasteiger partial charge in [0.1, 0.15) is 5.75 Å². The van der Waals surface area contributed by atoms with Gasteiger partial charge in [-0.3, -0.25) is 4.79 Å². The number of nitrogens with zero attached hydrogens (tertiary/aromatic N) is 1. The average molecular weight is 294 g/mol. The summed E-state index contributed by atoms with van der Waals surface area (Å²) in [6.45, 7) is 2.69. The van der Waals surface area contributed by atoms with Gasteiger partial charge in [0.25, 0.3) is 5.91 Å². The highest BCUT2D eigenvalue weighted by Gasteiger charge is 2.29. The lowest BCUT2D eigenvalue weighted by molar-refractivity contribution is -0.122. The van der Waals surface area contributed by atoms with Gasteiger partial charge in [0.2, 0.25) is 0 Å². The SMILES string of the molecule is CCCOc1ccccc1/C=C1\SC(=S)N(N)C1=O. The van der Waals surface area contributed by atoms with E-state index in [4.69, 9.17) is 22.8 Å². The standard InChI is InChI=1S/C13H14N2O2S2/c1-2-7-17-10-6-4-3-5-9(10)8-11-12(16)15(14)13(18)19-11/h3-6,8H,2,7,14H2,1H3/b11-8-. The minimum Gasteiger partial charge on any atom is -0.493 e. The van der Waals surface area contributed by atoms with Crippen LogP contribution in [-0.2, 0) is 4.79 Å². The number of nitrogens with two attached hydrogens (primary N) is 1. The van der Waals surface area contributed by atoms with Crippen molar-refractivity contribution in [3.05, 3.63) is 34.7 Å². The zero-order valence-electron chi connectivity index (χ0n) is 10.5. The molecule has 1 aromatic rings. The highest BCUT2D eigenvalue weighted by molar-refractivity contribution is 8.26. The van der Waals surface area contributed by atoms with Gasteiger partial charge in [0, 0.05) is 5.56 Å². The van der Waals surface area contributed by atoms with E-state index in [0.717, 1.165) is 22.7 Å². The number of rotatable bonds is 4. The normalized spacial score (nSPS) is 17.4. The summed E-state index contributed by atoms with van der Waals surface area (Å²) in [4.78, 5) is 12.3. The molecule has 19 heavy (non-hydrogen) atoms. The fourth-order valence-electron chi connectivity index (χ4n) is 1.56. The van der Waals surface area contributed by atoms with E-state index >= 15 is 0 Å². The molecule has 1 aromatic carbocycles. The minimum absolute atomic E-state index is 0.278. The van der Waals surface area contributed by atoms with Gasteiger partial charge >= 0.3 is 0 Å². The molecular weight excluding hydrogens is 280 g/mol. The molecule has 1 saturated heterocycles. The Bertz CT molecular complexity index is 543. The molecule has 2 rings (SSSR count). The Kier molecular flexibility index (Phi) is 4.57. The third kappa shape index (κ3) is 3.15. The Hall–Kier alpha value is -1.37. The minimum atomic E-state index is -0.278. The summed E-state index contributed by atoms with van der Waals surface area (Å²) in [5.74, 6) is 6.01. The number of hydrazine groups is 1. The van der Waals surface area contributed by atoms with Crippen LogP contribution >= 0.6 is 24.0 Å². The van der Waals surface area contributed by atoms with Gasteiger partial charge in [-0.25, -0.2) is 10.9 Å². The van der Waals surface area contributed by atoms with Gasteiger partial charge in [-0.15, -0.1) is 0 Å². The van der Waals surface area contributed by atoms with Gasteiger partial charge < -0.3 is 4.74 Å². The highest BCUT2D eigenvalue weighted by Crippen LogP contribution is 2.32. The molecule has 2 N–H and O–H groups in total. The maximum atomic E-state index is 11.8. The molecule has 1 heterocycles. The Morgan fingerprint density at radius 1 is 1.47 bits per heavy atom. The van der Waals surface area contributed by atoms with Crippen LogP contribution in [0.5, 0.6) is 5.75 Å². The van der Waals surface area contributed by atoms with Crippen LogP contribution in [0.15, 0.2) is 29.2 Å². The van der Waals surface area contributed by atoms with E-state index in [1.54, 1.807) is 6.08 Å². The molecule has 6 heteroatoms. The Labute approximate surface area is 121 Å². The van der Waals surface area contributed by atoms with Crippen molar-refractivity contribution in [3.63, 3.8) is 0 Å². The van der Waals surface area contributed by atoms with E-state index in [9.17, 15) is 4.79 Å². The van der Waals surface area contributed by atoms with E-state index in [-0.39, 0.29) is 5.91 Å². The van der Waals surface area contributed by atoms with Crippen LogP contribution in [0.1, 0.15) is 18.9 Å². The van der Waals surface area contributed by atoms with Crippen LogP contribution in [0.4, 0.5) is 0 Å². The highest BCUT2D eigenvalue weighted by atomic mass is 32.2. The van der Waals surface area contributed by atoms with Gasteiger partial charge in [0.05, 0.1) is 11.5 Å². The first kappa shape index (κ1) is 14.0. The number of ether oxygens (including phenoxy) is 1.